The summed E-state index contributed by atoms with van der Waals surface area (Å²) in [7, 11) is -1.17. The first-order chi connectivity index (χ1) is 8.15. The molecule has 1 saturated heterocycles. The predicted octanol–water partition coefficient (Wildman–Crippen LogP) is 1.68. The van der Waals surface area contributed by atoms with E-state index >= 15 is 0 Å². The molecule has 1 aliphatic rings. The summed E-state index contributed by atoms with van der Waals surface area (Å²) < 4.78 is 26.4. The minimum atomic E-state index is -3.11. The van der Waals surface area contributed by atoms with E-state index in [4.69, 9.17) is 0 Å². The van der Waals surface area contributed by atoms with Crippen LogP contribution in [-0.2, 0) is 10.0 Å². The lowest BCUT2D eigenvalue weighted by Gasteiger charge is -2.36. The molecule has 0 aromatic heterocycles. The third-order valence-electron chi connectivity index (χ3n) is 3.59. The van der Waals surface area contributed by atoms with Crippen molar-refractivity contribution in [2.24, 2.45) is 11.3 Å². The van der Waals surface area contributed by atoms with Crippen LogP contribution in [0, 0.1) is 11.3 Å². The van der Waals surface area contributed by atoms with Gasteiger partial charge < -0.3 is 5.32 Å². The Morgan fingerprint density at radius 1 is 1.39 bits per heavy atom. The summed E-state index contributed by atoms with van der Waals surface area (Å²) in [6.45, 7) is 9.41. The molecule has 1 fully saturated rings. The largest absolute Gasteiger partial charge is 0.317 e. The molecule has 1 N–H and O–H groups in total. The minimum absolute atomic E-state index is 0.180. The maximum Gasteiger partial charge on any atom is 0.214 e. The molecule has 0 aliphatic carbocycles. The first-order valence-electron chi connectivity index (χ1n) is 6.81. The van der Waals surface area contributed by atoms with Crippen LogP contribution in [0.15, 0.2) is 0 Å². The zero-order valence-corrected chi connectivity index (χ0v) is 13.2. The maximum absolute atomic E-state index is 12.4. The molecule has 0 saturated carbocycles. The van der Waals surface area contributed by atoms with Gasteiger partial charge in [-0.05, 0) is 38.1 Å². The second kappa shape index (κ2) is 5.88. The molecule has 5 heteroatoms. The Morgan fingerprint density at radius 3 is 2.50 bits per heavy atom. The Labute approximate surface area is 112 Å². The highest BCUT2D eigenvalue weighted by molar-refractivity contribution is 7.89. The summed E-state index contributed by atoms with van der Waals surface area (Å²) in [6.07, 6.45) is 2.09. The van der Waals surface area contributed by atoms with E-state index in [0.29, 0.717) is 25.0 Å². The van der Waals surface area contributed by atoms with Gasteiger partial charge in [-0.1, -0.05) is 20.8 Å². The van der Waals surface area contributed by atoms with Gasteiger partial charge in [0.05, 0.1) is 5.75 Å². The number of hydrogen-bond donors (Lipinski definition) is 1. The van der Waals surface area contributed by atoms with Crippen LogP contribution in [-0.4, -0.2) is 44.7 Å². The van der Waals surface area contributed by atoms with E-state index in [2.05, 4.69) is 12.2 Å². The van der Waals surface area contributed by atoms with Gasteiger partial charge in [0.2, 0.25) is 10.0 Å². The number of hydrogen-bond acceptors (Lipinski definition) is 3. The molecule has 0 bridgehead atoms. The van der Waals surface area contributed by atoms with Crippen LogP contribution in [0.1, 0.15) is 40.5 Å². The summed E-state index contributed by atoms with van der Waals surface area (Å²) in [6, 6.07) is 0.373. The summed E-state index contributed by atoms with van der Waals surface area (Å²) in [5.41, 5.74) is -0.180. The van der Waals surface area contributed by atoms with E-state index in [-0.39, 0.29) is 11.2 Å². The third-order valence-corrected chi connectivity index (χ3v) is 5.94. The lowest BCUT2D eigenvalue weighted by Crippen LogP contribution is -2.47. The number of sulfonamides is 1. The smallest absolute Gasteiger partial charge is 0.214 e. The SMILES string of the molecule is CNC(C)C1CCCN(S(=O)(=O)CC(C)(C)C)C1. The molecule has 0 aromatic carbocycles. The van der Waals surface area contributed by atoms with Crippen LogP contribution in [0.2, 0.25) is 0 Å². The van der Waals surface area contributed by atoms with Crippen molar-refractivity contribution in [2.45, 2.75) is 46.6 Å². The van der Waals surface area contributed by atoms with Gasteiger partial charge in [0.1, 0.15) is 0 Å². The van der Waals surface area contributed by atoms with Crippen molar-refractivity contribution >= 4 is 10.0 Å². The fraction of sp³-hybridized carbons (Fsp3) is 1.00. The molecule has 0 aromatic rings. The zero-order chi connectivity index (χ0) is 14.0. The molecule has 2 atom stereocenters. The fourth-order valence-corrected chi connectivity index (χ4v) is 4.61. The quantitative estimate of drug-likeness (QED) is 0.850. The highest BCUT2D eigenvalue weighted by Crippen LogP contribution is 2.25. The van der Waals surface area contributed by atoms with E-state index in [0.717, 1.165) is 12.8 Å². The van der Waals surface area contributed by atoms with Crippen molar-refractivity contribution in [3.05, 3.63) is 0 Å². The average molecular weight is 276 g/mol. The molecule has 4 nitrogen and oxygen atoms in total. The first-order valence-corrected chi connectivity index (χ1v) is 8.42. The van der Waals surface area contributed by atoms with Crippen LogP contribution < -0.4 is 5.32 Å². The van der Waals surface area contributed by atoms with E-state index in [1.165, 1.54) is 0 Å². The van der Waals surface area contributed by atoms with Gasteiger partial charge in [-0.2, -0.15) is 0 Å². The highest BCUT2D eigenvalue weighted by atomic mass is 32.2. The molecular weight excluding hydrogens is 248 g/mol. The second-order valence-electron chi connectivity index (χ2n) is 6.65. The molecule has 2 unspecified atom stereocenters. The number of piperidine rings is 1. The van der Waals surface area contributed by atoms with Gasteiger partial charge in [-0.15, -0.1) is 0 Å². The maximum atomic E-state index is 12.4. The normalized spacial score (nSPS) is 25.1. The van der Waals surface area contributed by atoms with Gasteiger partial charge >= 0.3 is 0 Å². The van der Waals surface area contributed by atoms with E-state index in [1.54, 1.807) is 4.31 Å². The van der Waals surface area contributed by atoms with Crippen molar-refractivity contribution < 1.29 is 8.42 Å². The van der Waals surface area contributed by atoms with Crippen molar-refractivity contribution in [3.8, 4) is 0 Å². The van der Waals surface area contributed by atoms with Gasteiger partial charge in [-0.3, -0.25) is 0 Å². The van der Waals surface area contributed by atoms with Crippen LogP contribution >= 0.6 is 0 Å². The Hall–Kier alpha value is -0.130. The van der Waals surface area contributed by atoms with Gasteiger partial charge in [-0.25, -0.2) is 12.7 Å². The van der Waals surface area contributed by atoms with Gasteiger partial charge in [0, 0.05) is 19.1 Å². The molecule has 0 spiro atoms. The summed E-state index contributed by atoms with van der Waals surface area (Å²) in [5.74, 6) is 0.666. The van der Waals surface area contributed by atoms with Crippen molar-refractivity contribution in [1.82, 2.24) is 9.62 Å². The Bertz CT molecular complexity index is 360. The second-order valence-corrected chi connectivity index (χ2v) is 8.62. The van der Waals surface area contributed by atoms with Crippen molar-refractivity contribution in [2.75, 3.05) is 25.9 Å². The summed E-state index contributed by atoms with van der Waals surface area (Å²) in [4.78, 5) is 0. The standard InChI is InChI=1S/C13H28N2O2S/c1-11(14-5)12-7-6-8-15(9-12)18(16,17)10-13(2,3)4/h11-12,14H,6-10H2,1-5H3. The third kappa shape index (κ3) is 4.52. The monoisotopic (exact) mass is 276 g/mol. The Kier molecular flexibility index (Phi) is 5.21. The minimum Gasteiger partial charge on any atom is -0.317 e. The molecule has 1 aliphatic heterocycles. The Morgan fingerprint density at radius 2 is 2.00 bits per heavy atom. The van der Waals surface area contributed by atoms with Gasteiger partial charge in [0.15, 0.2) is 0 Å². The molecule has 1 heterocycles. The zero-order valence-electron chi connectivity index (χ0n) is 12.4. The molecular formula is C13H28N2O2S. The topological polar surface area (TPSA) is 49.4 Å². The fourth-order valence-electron chi connectivity index (χ4n) is 2.51. The van der Waals surface area contributed by atoms with E-state index in [9.17, 15) is 8.42 Å². The van der Waals surface area contributed by atoms with Crippen LogP contribution in [0.5, 0.6) is 0 Å². The lowest BCUT2D eigenvalue weighted by atomic mass is 9.93. The lowest BCUT2D eigenvalue weighted by molar-refractivity contribution is 0.227. The molecule has 108 valence electrons. The van der Waals surface area contributed by atoms with E-state index in [1.807, 2.05) is 27.8 Å². The average Bonchev–Trinajstić information content (AvgIpc) is 2.25. The highest BCUT2D eigenvalue weighted by Gasteiger charge is 2.33. The molecule has 0 amide bonds. The number of rotatable bonds is 4. The van der Waals surface area contributed by atoms with Crippen LogP contribution in [0.4, 0.5) is 0 Å². The Balaban J connectivity index is 2.72. The molecule has 18 heavy (non-hydrogen) atoms. The number of nitrogens with one attached hydrogen (secondary N) is 1. The van der Waals surface area contributed by atoms with E-state index < -0.39 is 10.0 Å². The summed E-state index contributed by atoms with van der Waals surface area (Å²) >= 11 is 0. The molecule has 0 radical (unpaired) electrons. The number of nitrogens with zero attached hydrogens (tertiary/aromatic N) is 1. The summed E-state index contributed by atoms with van der Waals surface area (Å²) in [5, 5.41) is 3.23. The molecule has 1 rings (SSSR count). The predicted molar refractivity (Wildman–Crippen MR) is 76.1 cm³/mol. The van der Waals surface area contributed by atoms with Crippen LogP contribution in [0.3, 0.4) is 0 Å². The van der Waals surface area contributed by atoms with Crippen molar-refractivity contribution in [3.63, 3.8) is 0 Å². The van der Waals surface area contributed by atoms with Gasteiger partial charge in [0.25, 0.3) is 0 Å². The first kappa shape index (κ1) is 15.9. The van der Waals surface area contributed by atoms with Crippen molar-refractivity contribution in [1.29, 1.82) is 0 Å². The van der Waals surface area contributed by atoms with Crippen LogP contribution in [0.25, 0.3) is 0 Å².